The molecule has 0 radical (unpaired) electrons. The van der Waals surface area contributed by atoms with Gasteiger partial charge in [0.25, 0.3) is 0 Å². The van der Waals surface area contributed by atoms with Crippen molar-refractivity contribution in [2.24, 2.45) is 5.92 Å². The van der Waals surface area contributed by atoms with E-state index in [1.54, 1.807) is 18.2 Å². The maximum Gasteiger partial charge on any atom is 0.167 e. The van der Waals surface area contributed by atoms with E-state index in [4.69, 9.17) is 17.3 Å². The summed E-state index contributed by atoms with van der Waals surface area (Å²) in [6, 6.07) is 5.03. The topological polar surface area (TPSA) is 43.1 Å². The van der Waals surface area contributed by atoms with Crippen LogP contribution in [0.25, 0.3) is 0 Å². The van der Waals surface area contributed by atoms with Crippen LogP contribution >= 0.6 is 11.6 Å². The predicted octanol–water partition coefficient (Wildman–Crippen LogP) is 3.54. The second-order valence-electron chi connectivity index (χ2n) is 3.61. The van der Waals surface area contributed by atoms with Crippen LogP contribution in [-0.2, 0) is 0 Å². The zero-order chi connectivity index (χ0) is 11.4. The van der Waals surface area contributed by atoms with Crippen LogP contribution in [-0.4, -0.2) is 5.78 Å². The minimum atomic E-state index is 0.0634. The van der Waals surface area contributed by atoms with Crippen molar-refractivity contribution in [3.05, 3.63) is 28.8 Å². The number of anilines is 1. The van der Waals surface area contributed by atoms with E-state index in [1.165, 1.54) is 0 Å². The Hall–Kier alpha value is -1.02. The summed E-state index contributed by atoms with van der Waals surface area (Å²) >= 11 is 5.78. The Balaban J connectivity index is 3.00. The van der Waals surface area contributed by atoms with Crippen molar-refractivity contribution in [3.63, 3.8) is 0 Å². The first-order valence-electron chi connectivity index (χ1n) is 5.19. The highest BCUT2D eigenvalue weighted by Gasteiger charge is 2.18. The third-order valence-electron chi connectivity index (χ3n) is 2.64. The number of carbonyl (C=O) groups is 1. The van der Waals surface area contributed by atoms with Crippen LogP contribution in [0.15, 0.2) is 18.2 Å². The predicted molar refractivity (Wildman–Crippen MR) is 64.3 cm³/mol. The number of benzene rings is 1. The van der Waals surface area contributed by atoms with Crippen molar-refractivity contribution >= 4 is 23.1 Å². The van der Waals surface area contributed by atoms with Gasteiger partial charge in [0.1, 0.15) is 0 Å². The largest absolute Gasteiger partial charge is 0.398 e. The standard InChI is InChI=1S/C12H16ClNO/c1-3-8(4-2)12(15)10-6-5-9(13)7-11(10)14/h5-8H,3-4,14H2,1-2H3. The molecule has 0 unspecified atom stereocenters. The number of nitrogen functional groups attached to an aromatic ring is 1. The number of halogens is 1. The van der Waals surface area contributed by atoms with Gasteiger partial charge < -0.3 is 5.73 Å². The number of nitrogens with two attached hydrogens (primary N) is 1. The van der Waals surface area contributed by atoms with E-state index in [9.17, 15) is 4.79 Å². The summed E-state index contributed by atoms with van der Waals surface area (Å²) < 4.78 is 0. The molecule has 0 aliphatic heterocycles. The van der Waals surface area contributed by atoms with Crippen LogP contribution in [0.2, 0.25) is 5.02 Å². The highest BCUT2D eigenvalue weighted by molar-refractivity contribution is 6.31. The monoisotopic (exact) mass is 225 g/mol. The molecular weight excluding hydrogens is 210 g/mol. The Labute approximate surface area is 95.4 Å². The minimum absolute atomic E-state index is 0.0634. The summed E-state index contributed by atoms with van der Waals surface area (Å²) in [4.78, 5) is 12.0. The smallest absolute Gasteiger partial charge is 0.167 e. The van der Waals surface area contributed by atoms with Gasteiger partial charge in [-0.05, 0) is 31.0 Å². The number of ketones is 1. The third-order valence-corrected chi connectivity index (χ3v) is 2.87. The average Bonchev–Trinajstić information content (AvgIpc) is 2.19. The van der Waals surface area contributed by atoms with E-state index in [0.29, 0.717) is 16.3 Å². The van der Waals surface area contributed by atoms with Gasteiger partial charge in [-0.25, -0.2) is 0 Å². The molecule has 3 heteroatoms. The molecule has 0 fully saturated rings. The molecule has 0 heterocycles. The molecule has 2 nitrogen and oxygen atoms in total. The second kappa shape index (κ2) is 5.17. The van der Waals surface area contributed by atoms with Crippen molar-refractivity contribution in [2.75, 3.05) is 5.73 Å². The van der Waals surface area contributed by atoms with Gasteiger partial charge in [-0.15, -0.1) is 0 Å². The molecule has 1 aromatic rings. The Morgan fingerprint density at radius 3 is 2.47 bits per heavy atom. The molecule has 2 N–H and O–H groups in total. The van der Waals surface area contributed by atoms with Gasteiger partial charge in [0, 0.05) is 22.2 Å². The van der Waals surface area contributed by atoms with Crippen molar-refractivity contribution in [3.8, 4) is 0 Å². The Morgan fingerprint density at radius 1 is 1.40 bits per heavy atom. The molecule has 0 aromatic heterocycles. The zero-order valence-corrected chi connectivity index (χ0v) is 9.84. The normalized spacial score (nSPS) is 10.7. The fraction of sp³-hybridized carbons (Fsp3) is 0.417. The van der Waals surface area contributed by atoms with Gasteiger partial charge in [0.15, 0.2) is 5.78 Å². The van der Waals surface area contributed by atoms with Crippen molar-refractivity contribution in [1.29, 1.82) is 0 Å². The van der Waals surface area contributed by atoms with Crippen LogP contribution in [0.3, 0.4) is 0 Å². The van der Waals surface area contributed by atoms with Crippen molar-refractivity contribution in [1.82, 2.24) is 0 Å². The number of hydrogen-bond acceptors (Lipinski definition) is 2. The molecule has 0 aliphatic rings. The lowest BCUT2D eigenvalue weighted by molar-refractivity contribution is 0.0914. The molecule has 0 spiro atoms. The molecular formula is C12H16ClNO. The first-order chi connectivity index (χ1) is 7.10. The number of hydrogen-bond donors (Lipinski definition) is 1. The first-order valence-corrected chi connectivity index (χ1v) is 5.57. The Bertz CT molecular complexity index is 359. The fourth-order valence-electron chi connectivity index (χ4n) is 1.64. The maximum atomic E-state index is 12.0. The summed E-state index contributed by atoms with van der Waals surface area (Å²) in [5.41, 5.74) is 6.83. The summed E-state index contributed by atoms with van der Waals surface area (Å²) in [5.74, 6) is 0.183. The van der Waals surface area contributed by atoms with Crippen LogP contribution in [0.5, 0.6) is 0 Å². The Kier molecular flexibility index (Phi) is 4.15. The molecule has 82 valence electrons. The van der Waals surface area contributed by atoms with Gasteiger partial charge in [-0.2, -0.15) is 0 Å². The minimum Gasteiger partial charge on any atom is -0.398 e. The van der Waals surface area contributed by atoms with E-state index in [-0.39, 0.29) is 11.7 Å². The van der Waals surface area contributed by atoms with Crippen molar-refractivity contribution < 1.29 is 4.79 Å². The molecule has 0 saturated heterocycles. The molecule has 1 rings (SSSR count). The average molecular weight is 226 g/mol. The van der Waals surface area contributed by atoms with E-state index in [2.05, 4.69) is 0 Å². The second-order valence-corrected chi connectivity index (χ2v) is 4.05. The lowest BCUT2D eigenvalue weighted by Crippen LogP contribution is -2.14. The van der Waals surface area contributed by atoms with Crippen LogP contribution < -0.4 is 5.73 Å². The lowest BCUT2D eigenvalue weighted by Gasteiger charge is -2.12. The molecule has 0 saturated carbocycles. The third kappa shape index (κ3) is 2.72. The van der Waals surface area contributed by atoms with Gasteiger partial charge in [-0.3, -0.25) is 4.79 Å². The van der Waals surface area contributed by atoms with Crippen molar-refractivity contribution in [2.45, 2.75) is 26.7 Å². The lowest BCUT2D eigenvalue weighted by atomic mass is 9.92. The van der Waals surface area contributed by atoms with E-state index in [0.717, 1.165) is 12.8 Å². The molecule has 0 bridgehead atoms. The SMILES string of the molecule is CCC(CC)C(=O)c1ccc(Cl)cc1N. The number of rotatable bonds is 4. The molecule has 0 amide bonds. The van der Waals surface area contributed by atoms with E-state index >= 15 is 0 Å². The highest BCUT2D eigenvalue weighted by Crippen LogP contribution is 2.23. The summed E-state index contributed by atoms with van der Waals surface area (Å²) in [7, 11) is 0. The van der Waals surface area contributed by atoms with E-state index < -0.39 is 0 Å². The van der Waals surface area contributed by atoms with Crippen LogP contribution in [0.4, 0.5) is 5.69 Å². The molecule has 0 aliphatic carbocycles. The van der Waals surface area contributed by atoms with Gasteiger partial charge in [0.05, 0.1) is 0 Å². The highest BCUT2D eigenvalue weighted by atomic mass is 35.5. The van der Waals surface area contributed by atoms with Crippen LogP contribution in [0.1, 0.15) is 37.0 Å². The van der Waals surface area contributed by atoms with Gasteiger partial charge in [0.2, 0.25) is 0 Å². The number of Topliss-reactive ketones (excluding diaryl/α,β-unsaturated/α-hetero) is 1. The summed E-state index contributed by atoms with van der Waals surface area (Å²) in [6.07, 6.45) is 1.69. The summed E-state index contributed by atoms with van der Waals surface area (Å²) in [6.45, 7) is 4.02. The summed E-state index contributed by atoms with van der Waals surface area (Å²) in [5, 5.41) is 0.564. The molecule has 0 atom stereocenters. The Morgan fingerprint density at radius 2 is 2.00 bits per heavy atom. The van der Waals surface area contributed by atoms with Crippen LogP contribution in [0, 0.1) is 5.92 Å². The maximum absolute atomic E-state index is 12.0. The fourth-order valence-corrected chi connectivity index (χ4v) is 1.82. The van der Waals surface area contributed by atoms with Gasteiger partial charge >= 0.3 is 0 Å². The van der Waals surface area contributed by atoms with E-state index in [1.807, 2.05) is 13.8 Å². The molecule has 15 heavy (non-hydrogen) atoms. The van der Waals surface area contributed by atoms with Gasteiger partial charge in [-0.1, -0.05) is 25.4 Å². The zero-order valence-electron chi connectivity index (χ0n) is 9.09. The first kappa shape index (κ1) is 12.1. The molecule has 1 aromatic carbocycles. The quantitative estimate of drug-likeness (QED) is 0.629. The number of carbonyl (C=O) groups excluding carboxylic acids is 1.